The molecular weight excluding hydrogens is 315 g/mol. The lowest BCUT2D eigenvalue weighted by Crippen LogP contribution is -2.19. The van der Waals surface area contributed by atoms with Crippen LogP contribution in [0.3, 0.4) is 0 Å². The highest BCUT2D eigenvalue weighted by molar-refractivity contribution is 9.10. The first-order valence-corrected chi connectivity index (χ1v) is 5.91. The molecule has 0 aliphatic rings. The van der Waals surface area contributed by atoms with Gasteiger partial charge in [0.05, 0.1) is 0 Å². The number of nitrogens with two attached hydrogens (primary N) is 1. The maximum absolute atomic E-state index is 11.8. The summed E-state index contributed by atoms with van der Waals surface area (Å²) in [6.07, 6.45) is -4.35. The minimum Gasteiger partial charge on any atom is -0.467 e. The van der Waals surface area contributed by atoms with Gasteiger partial charge in [-0.05, 0) is 25.1 Å². The normalized spacial score (nSPS) is 13.4. The van der Waals surface area contributed by atoms with Gasteiger partial charge in [0.15, 0.2) is 6.79 Å². The van der Waals surface area contributed by atoms with E-state index in [0.717, 1.165) is 4.47 Å². The second-order valence-corrected chi connectivity index (χ2v) is 4.61. The molecule has 0 radical (unpaired) electrons. The Labute approximate surface area is 111 Å². The van der Waals surface area contributed by atoms with Crippen molar-refractivity contribution in [3.8, 4) is 5.75 Å². The van der Waals surface area contributed by atoms with E-state index in [2.05, 4.69) is 20.7 Å². The highest BCUT2D eigenvalue weighted by atomic mass is 79.9. The summed E-state index contributed by atoms with van der Waals surface area (Å²) in [4.78, 5) is 0. The van der Waals surface area contributed by atoms with Gasteiger partial charge < -0.3 is 15.2 Å². The molecule has 0 aliphatic carbocycles. The van der Waals surface area contributed by atoms with Gasteiger partial charge in [-0.3, -0.25) is 0 Å². The molecule has 0 heterocycles. The molecule has 0 saturated heterocycles. The van der Waals surface area contributed by atoms with Crippen LogP contribution in [0.1, 0.15) is 18.5 Å². The third-order valence-electron chi connectivity index (χ3n) is 2.03. The molecule has 7 heteroatoms. The van der Waals surface area contributed by atoms with Crippen molar-refractivity contribution in [1.29, 1.82) is 0 Å². The Balaban J connectivity index is 2.57. The molecule has 102 valence electrons. The van der Waals surface area contributed by atoms with E-state index < -0.39 is 19.6 Å². The fourth-order valence-corrected chi connectivity index (χ4v) is 1.65. The van der Waals surface area contributed by atoms with Crippen LogP contribution in [0.2, 0.25) is 0 Å². The third-order valence-corrected chi connectivity index (χ3v) is 2.52. The molecule has 1 rings (SSSR count). The highest BCUT2D eigenvalue weighted by Crippen LogP contribution is 2.27. The molecule has 18 heavy (non-hydrogen) atoms. The van der Waals surface area contributed by atoms with Gasteiger partial charge in [-0.2, -0.15) is 13.2 Å². The topological polar surface area (TPSA) is 44.5 Å². The van der Waals surface area contributed by atoms with Gasteiger partial charge in [0.1, 0.15) is 12.4 Å². The van der Waals surface area contributed by atoms with Gasteiger partial charge in [0.25, 0.3) is 0 Å². The molecule has 0 spiro atoms. The Hall–Kier alpha value is -0.790. The Kier molecular flexibility index (Phi) is 5.43. The van der Waals surface area contributed by atoms with Crippen molar-refractivity contribution in [1.82, 2.24) is 0 Å². The molecule has 3 nitrogen and oxygen atoms in total. The standard InChI is InChI=1S/C11H13BrF3NO2/c1-7(16)9-4-8(12)2-3-10(9)18-6-17-5-11(13,14)15/h2-4,7H,5-6,16H2,1H3/t7-/m1/s1. The Morgan fingerprint density at radius 1 is 1.39 bits per heavy atom. The van der Waals surface area contributed by atoms with Crippen molar-refractivity contribution in [2.24, 2.45) is 5.73 Å². The summed E-state index contributed by atoms with van der Waals surface area (Å²) >= 11 is 3.28. The maximum Gasteiger partial charge on any atom is 0.411 e. The number of rotatable bonds is 5. The summed E-state index contributed by atoms with van der Waals surface area (Å²) in [7, 11) is 0. The fourth-order valence-electron chi connectivity index (χ4n) is 1.27. The van der Waals surface area contributed by atoms with Crippen LogP contribution in [0.5, 0.6) is 5.75 Å². The van der Waals surface area contributed by atoms with Crippen LogP contribution in [-0.4, -0.2) is 19.6 Å². The monoisotopic (exact) mass is 327 g/mol. The van der Waals surface area contributed by atoms with E-state index in [1.54, 1.807) is 25.1 Å². The summed E-state index contributed by atoms with van der Waals surface area (Å²) in [5, 5.41) is 0. The highest BCUT2D eigenvalue weighted by Gasteiger charge is 2.27. The number of ether oxygens (including phenoxy) is 2. The van der Waals surface area contributed by atoms with Gasteiger partial charge in [-0.1, -0.05) is 15.9 Å². The van der Waals surface area contributed by atoms with Crippen LogP contribution in [-0.2, 0) is 4.74 Å². The lowest BCUT2D eigenvalue weighted by molar-refractivity contribution is -0.186. The van der Waals surface area contributed by atoms with E-state index in [-0.39, 0.29) is 6.04 Å². The van der Waals surface area contributed by atoms with Gasteiger partial charge in [-0.25, -0.2) is 0 Å². The van der Waals surface area contributed by atoms with E-state index >= 15 is 0 Å². The Morgan fingerprint density at radius 2 is 2.06 bits per heavy atom. The SMILES string of the molecule is C[C@@H](N)c1cc(Br)ccc1OCOCC(F)(F)F. The van der Waals surface area contributed by atoms with Crippen LogP contribution in [0.15, 0.2) is 22.7 Å². The average molecular weight is 328 g/mol. The zero-order chi connectivity index (χ0) is 13.8. The number of hydrogen-bond donors (Lipinski definition) is 1. The molecule has 0 unspecified atom stereocenters. The molecule has 0 bridgehead atoms. The van der Waals surface area contributed by atoms with Crippen LogP contribution in [0.4, 0.5) is 13.2 Å². The molecule has 1 atom stereocenters. The van der Waals surface area contributed by atoms with Crippen molar-refractivity contribution in [3.05, 3.63) is 28.2 Å². The first kappa shape index (κ1) is 15.3. The molecule has 0 fully saturated rings. The maximum atomic E-state index is 11.8. The minimum atomic E-state index is -4.35. The van der Waals surface area contributed by atoms with Gasteiger partial charge >= 0.3 is 6.18 Å². The van der Waals surface area contributed by atoms with E-state index in [0.29, 0.717) is 11.3 Å². The van der Waals surface area contributed by atoms with Gasteiger partial charge in [0, 0.05) is 16.1 Å². The van der Waals surface area contributed by atoms with Crippen LogP contribution in [0, 0.1) is 0 Å². The Morgan fingerprint density at radius 3 is 2.61 bits per heavy atom. The number of halogens is 4. The summed E-state index contributed by atoms with van der Waals surface area (Å²) in [5.74, 6) is 0.412. The smallest absolute Gasteiger partial charge is 0.411 e. The molecule has 0 amide bonds. The predicted octanol–water partition coefficient (Wildman–Crippen LogP) is 3.38. The second-order valence-electron chi connectivity index (χ2n) is 3.70. The lowest BCUT2D eigenvalue weighted by atomic mass is 10.1. The first-order chi connectivity index (χ1) is 8.29. The first-order valence-electron chi connectivity index (χ1n) is 5.12. The van der Waals surface area contributed by atoms with Crippen molar-refractivity contribution < 1.29 is 22.6 Å². The van der Waals surface area contributed by atoms with E-state index in [9.17, 15) is 13.2 Å². The van der Waals surface area contributed by atoms with Crippen LogP contribution in [0.25, 0.3) is 0 Å². The summed E-state index contributed by atoms with van der Waals surface area (Å²) in [5.41, 5.74) is 6.43. The van der Waals surface area contributed by atoms with Crippen LogP contribution < -0.4 is 10.5 Å². The Bertz CT molecular complexity index is 396. The number of alkyl halides is 3. The summed E-state index contributed by atoms with van der Waals surface area (Å²) < 4.78 is 45.8. The number of hydrogen-bond acceptors (Lipinski definition) is 3. The molecular formula is C11H13BrF3NO2. The summed E-state index contributed by atoms with van der Waals surface area (Å²) in [6.45, 7) is -0.0525. The quantitative estimate of drug-likeness (QED) is 0.666. The molecule has 0 saturated carbocycles. The molecule has 1 aromatic carbocycles. The lowest BCUT2D eigenvalue weighted by Gasteiger charge is -2.15. The van der Waals surface area contributed by atoms with Crippen molar-refractivity contribution in [2.45, 2.75) is 19.1 Å². The van der Waals surface area contributed by atoms with Crippen LogP contribution >= 0.6 is 15.9 Å². The van der Waals surface area contributed by atoms with E-state index in [1.807, 2.05) is 0 Å². The zero-order valence-corrected chi connectivity index (χ0v) is 11.2. The molecule has 1 aromatic rings. The summed E-state index contributed by atoms with van der Waals surface area (Å²) in [6, 6.07) is 4.80. The van der Waals surface area contributed by atoms with E-state index in [4.69, 9.17) is 10.5 Å². The molecule has 2 N–H and O–H groups in total. The van der Waals surface area contributed by atoms with Gasteiger partial charge in [-0.15, -0.1) is 0 Å². The molecule has 0 aliphatic heterocycles. The van der Waals surface area contributed by atoms with E-state index in [1.165, 1.54) is 0 Å². The van der Waals surface area contributed by atoms with Gasteiger partial charge in [0.2, 0.25) is 0 Å². The van der Waals surface area contributed by atoms with Crippen molar-refractivity contribution in [2.75, 3.05) is 13.4 Å². The predicted molar refractivity (Wildman–Crippen MR) is 64.2 cm³/mol. The van der Waals surface area contributed by atoms with Crippen molar-refractivity contribution >= 4 is 15.9 Å². The minimum absolute atomic E-state index is 0.292. The second kappa shape index (κ2) is 6.40. The van der Waals surface area contributed by atoms with Crippen molar-refractivity contribution in [3.63, 3.8) is 0 Å². The average Bonchev–Trinajstić information content (AvgIpc) is 2.24. The fraction of sp³-hybridized carbons (Fsp3) is 0.455. The largest absolute Gasteiger partial charge is 0.467 e. The molecule has 0 aromatic heterocycles. The zero-order valence-electron chi connectivity index (χ0n) is 9.63. The third kappa shape index (κ3) is 5.24. The number of benzene rings is 1.